The van der Waals surface area contributed by atoms with Crippen molar-refractivity contribution in [2.24, 2.45) is 5.92 Å². The minimum absolute atomic E-state index is 0.0243. The summed E-state index contributed by atoms with van der Waals surface area (Å²) in [5.74, 6) is -2.58. The van der Waals surface area contributed by atoms with E-state index in [0.717, 1.165) is 6.42 Å². The summed E-state index contributed by atoms with van der Waals surface area (Å²) in [4.78, 5) is 78.5. The summed E-state index contributed by atoms with van der Waals surface area (Å²) in [5, 5.41) is 13.0. The number of nitrogens with one attached hydrogen (secondary N) is 5. The van der Waals surface area contributed by atoms with Gasteiger partial charge in [-0.1, -0.05) is 39.5 Å². The Morgan fingerprint density at radius 2 is 1.16 bits per heavy atom. The average molecular weight is 825 g/mol. The number of hydrogen-bond acceptors (Lipinski definition) is 13. The van der Waals surface area contributed by atoms with Crippen molar-refractivity contribution in [2.75, 3.05) is 86.7 Å². The Hall–Kier alpha value is -2.28. The number of amides is 5. The minimum atomic E-state index is -3.29. The molecule has 1 fully saturated rings. The van der Waals surface area contributed by atoms with Gasteiger partial charge < -0.3 is 59.7 Å². The highest BCUT2D eigenvalue weighted by molar-refractivity contribution is 8.09. The molecule has 1 aliphatic rings. The second-order valence-electron chi connectivity index (χ2n) is 14.3. The fourth-order valence-corrected chi connectivity index (χ4v) is 6.54. The Morgan fingerprint density at radius 1 is 0.691 bits per heavy atom. The van der Waals surface area contributed by atoms with Crippen LogP contribution in [-0.4, -0.2) is 140 Å². The monoisotopic (exact) mass is 824 g/mol. The zero-order chi connectivity index (χ0) is 41.1. The summed E-state index contributed by atoms with van der Waals surface area (Å²) in [5.41, 5.74) is 0. The van der Waals surface area contributed by atoms with Crippen LogP contribution in [0.25, 0.3) is 0 Å². The molecule has 5 N–H and O–H groups in total. The highest BCUT2D eigenvalue weighted by atomic mass is 32.5. The van der Waals surface area contributed by atoms with E-state index >= 15 is 0 Å². The third kappa shape index (κ3) is 22.9. The maximum absolute atomic E-state index is 13.4. The zero-order valence-corrected chi connectivity index (χ0v) is 35.4. The van der Waals surface area contributed by atoms with E-state index in [1.54, 1.807) is 35.0 Å². The van der Waals surface area contributed by atoms with Crippen molar-refractivity contribution in [2.45, 2.75) is 109 Å². The molecule has 3 unspecified atom stereocenters. The van der Waals surface area contributed by atoms with Crippen molar-refractivity contribution in [1.82, 2.24) is 26.6 Å². The van der Waals surface area contributed by atoms with Gasteiger partial charge in [-0.15, -0.1) is 0 Å². The zero-order valence-electron chi connectivity index (χ0n) is 33.7. The van der Waals surface area contributed by atoms with Gasteiger partial charge >= 0.3 is 0 Å². The molecule has 0 aromatic rings. The lowest BCUT2D eigenvalue weighted by atomic mass is 9.86. The van der Waals surface area contributed by atoms with Crippen LogP contribution in [0.3, 0.4) is 0 Å². The van der Waals surface area contributed by atoms with E-state index in [1.165, 1.54) is 0 Å². The molecule has 0 spiro atoms. The van der Waals surface area contributed by atoms with Gasteiger partial charge in [-0.3, -0.25) is 24.0 Å². The third-order valence-corrected chi connectivity index (χ3v) is 12.8. The molecule has 5 amide bonds. The van der Waals surface area contributed by atoms with E-state index < -0.39 is 47.4 Å². The first-order chi connectivity index (χ1) is 26.1. The molecule has 0 aliphatic heterocycles. The molecule has 0 aromatic heterocycles. The van der Waals surface area contributed by atoms with Gasteiger partial charge in [0.1, 0.15) is 12.1 Å². The summed E-state index contributed by atoms with van der Waals surface area (Å²) in [7, 11) is 3.10. The van der Waals surface area contributed by atoms with Gasteiger partial charge in [0.2, 0.25) is 29.5 Å². The fraction of sp³-hybridized carbons (Fsp3) is 0.861. The van der Waals surface area contributed by atoms with E-state index in [9.17, 15) is 28.9 Å². The molecule has 320 valence electrons. The third-order valence-electron chi connectivity index (χ3n) is 8.63. The van der Waals surface area contributed by atoms with Gasteiger partial charge in [-0.25, -0.2) is 0 Å². The van der Waals surface area contributed by atoms with Crippen molar-refractivity contribution in [3.63, 3.8) is 0 Å². The van der Waals surface area contributed by atoms with E-state index in [2.05, 4.69) is 26.6 Å². The van der Waals surface area contributed by atoms with Crippen LogP contribution in [0.1, 0.15) is 85.5 Å². The molecule has 1 saturated carbocycles. The standard InChI is InChI=1S/C36H68N5O12PS/c1-7-19-50-20-16-37-31(42)14-12-29(34(45)38-17-21-51-25-23-48-5)40-32(43)15-13-30(35(46)39-18-22-52-26-24-49-6)41-33(44)27-8-10-28(11-9-27)53-54(47,55)36(2,3)4/h27-30H,7-26H2,1-6H3,(H,37,42)(H,38,45)(H,39,46)(H,40,43)(H,41,44)(H,47,55)/p-1. The highest BCUT2D eigenvalue weighted by Gasteiger charge is 2.33. The lowest BCUT2D eigenvalue weighted by Gasteiger charge is -2.44. The number of hydrogen-bond donors (Lipinski definition) is 5. The molecule has 0 saturated heterocycles. The summed E-state index contributed by atoms with van der Waals surface area (Å²) < 4.78 is 31.9. The molecule has 17 nitrogen and oxygen atoms in total. The lowest BCUT2D eigenvalue weighted by molar-refractivity contribution is -0.192. The molecule has 1 aliphatic carbocycles. The predicted molar refractivity (Wildman–Crippen MR) is 209 cm³/mol. The van der Waals surface area contributed by atoms with Gasteiger partial charge in [0, 0.05) is 64.4 Å². The van der Waals surface area contributed by atoms with Crippen LogP contribution in [0.15, 0.2) is 0 Å². The summed E-state index contributed by atoms with van der Waals surface area (Å²) in [6.45, 7) is 7.58. The van der Waals surface area contributed by atoms with Gasteiger partial charge in [-0.2, -0.15) is 0 Å². The summed E-state index contributed by atoms with van der Waals surface area (Å²) in [6.07, 6.45) is 2.14. The second-order valence-corrected chi connectivity index (χ2v) is 18.3. The van der Waals surface area contributed by atoms with Crippen molar-refractivity contribution in [3.05, 3.63) is 0 Å². The van der Waals surface area contributed by atoms with Crippen LogP contribution in [-0.2, 0) is 64.0 Å². The molecule has 3 atom stereocenters. The largest absolute Gasteiger partial charge is 0.800 e. The molecule has 19 heteroatoms. The lowest BCUT2D eigenvalue weighted by Crippen LogP contribution is -2.51. The van der Waals surface area contributed by atoms with Crippen LogP contribution < -0.4 is 31.5 Å². The first-order valence-electron chi connectivity index (χ1n) is 19.3. The van der Waals surface area contributed by atoms with Crippen molar-refractivity contribution >= 4 is 47.8 Å². The molecule has 0 aromatic carbocycles. The maximum Gasteiger partial charge on any atom is 0.242 e. The number of methoxy groups -OCH3 is 2. The van der Waals surface area contributed by atoms with Crippen LogP contribution in [0.2, 0.25) is 0 Å². The molecule has 0 heterocycles. The Morgan fingerprint density at radius 3 is 1.65 bits per heavy atom. The van der Waals surface area contributed by atoms with Crippen LogP contribution >= 0.6 is 6.49 Å². The first kappa shape index (κ1) is 50.7. The Labute approximate surface area is 332 Å². The van der Waals surface area contributed by atoms with E-state index in [0.29, 0.717) is 71.9 Å². The Kier molecular flexibility index (Phi) is 26.8. The molecular weight excluding hydrogens is 757 g/mol. The number of carbonyl (C=O) groups excluding carboxylic acids is 5. The topological polar surface area (TPSA) is 224 Å². The Bertz CT molecular complexity index is 1190. The van der Waals surface area contributed by atoms with Gasteiger partial charge in [0.05, 0.1) is 52.4 Å². The maximum atomic E-state index is 13.4. The van der Waals surface area contributed by atoms with E-state index in [4.69, 9.17) is 40.0 Å². The summed E-state index contributed by atoms with van der Waals surface area (Å²) in [6, 6.07) is -2.10. The molecule has 1 rings (SSSR count). The van der Waals surface area contributed by atoms with E-state index in [-0.39, 0.29) is 69.9 Å². The van der Waals surface area contributed by atoms with Gasteiger partial charge in [-0.05, 0) is 51.4 Å². The molecule has 55 heavy (non-hydrogen) atoms. The SMILES string of the molecule is CCCOCCNC(=O)CCC(NC(=O)CCC(NC(=O)C1CCC(OP([O-])(=S)C(C)(C)C)CC1)C(=O)NCCOCCOC)C(=O)NCCOCCOC. The van der Waals surface area contributed by atoms with Crippen LogP contribution in [0.4, 0.5) is 0 Å². The summed E-state index contributed by atoms with van der Waals surface area (Å²) >= 11 is 5.28. The molecular formula is C36H67N5O12PS-. The van der Waals surface area contributed by atoms with Crippen LogP contribution in [0, 0.1) is 5.92 Å². The van der Waals surface area contributed by atoms with Crippen molar-refractivity contribution in [3.8, 4) is 0 Å². The first-order valence-corrected chi connectivity index (χ1v) is 21.9. The molecule has 0 radical (unpaired) electrons. The van der Waals surface area contributed by atoms with E-state index in [1.807, 2.05) is 6.92 Å². The number of carbonyl (C=O) groups is 5. The van der Waals surface area contributed by atoms with Crippen LogP contribution in [0.5, 0.6) is 0 Å². The average Bonchev–Trinajstić information content (AvgIpc) is 3.13. The smallest absolute Gasteiger partial charge is 0.242 e. The Balaban J connectivity index is 2.90. The van der Waals surface area contributed by atoms with Gasteiger partial charge in [0.15, 0.2) is 0 Å². The molecule has 0 bridgehead atoms. The number of rotatable bonds is 30. The quantitative estimate of drug-likeness (QED) is 0.0497. The second kappa shape index (κ2) is 29.0. The normalized spacial score (nSPS) is 18.0. The minimum Gasteiger partial charge on any atom is -0.800 e. The van der Waals surface area contributed by atoms with Crippen molar-refractivity contribution in [1.29, 1.82) is 0 Å². The van der Waals surface area contributed by atoms with Gasteiger partial charge in [0.25, 0.3) is 0 Å². The van der Waals surface area contributed by atoms with Crippen molar-refractivity contribution < 1.29 is 57.1 Å². The highest BCUT2D eigenvalue weighted by Crippen LogP contribution is 2.53. The number of ether oxygens (including phenoxy) is 5. The predicted octanol–water partition coefficient (Wildman–Crippen LogP) is 0.661. The fourth-order valence-electron chi connectivity index (χ4n) is 5.25.